The van der Waals surface area contributed by atoms with Gasteiger partial charge in [0.15, 0.2) is 6.29 Å². The van der Waals surface area contributed by atoms with E-state index in [2.05, 4.69) is 6.07 Å². The average Bonchev–Trinajstić information content (AvgIpc) is 2.78. The van der Waals surface area contributed by atoms with Crippen molar-refractivity contribution < 1.29 is 4.79 Å². The van der Waals surface area contributed by atoms with Crippen LogP contribution in [0.2, 0.25) is 0 Å². The van der Waals surface area contributed by atoms with Crippen LogP contribution in [0.15, 0.2) is 35.7 Å². The van der Waals surface area contributed by atoms with Crippen molar-refractivity contribution in [2.24, 2.45) is 0 Å². The molecule has 0 aliphatic rings. The largest absolute Gasteiger partial charge is 0.298 e. The van der Waals surface area contributed by atoms with Gasteiger partial charge in [-0.1, -0.05) is 12.1 Å². The fourth-order valence-electron chi connectivity index (χ4n) is 1.31. The van der Waals surface area contributed by atoms with E-state index in [-0.39, 0.29) is 0 Å². The minimum atomic E-state index is 0.633. The molecule has 3 heteroatoms. The summed E-state index contributed by atoms with van der Waals surface area (Å²) in [4.78, 5) is 11.5. The first-order valence-corrected chi connectivity index (χ1v) is 5.25. The molecule has 0 unspecified atom stereocenters. The predicted molar refractivity (Wildman–Crippen MR) is 59.9 cm³/mol. The predicted octanol–water partition coefficient (Wildman–Crippen LogP) is 3.10. The monoisotopic (exact) mass is 213 g/mol. The second kappa shape index (κ2) is 4.07. The van der Waals surface area contributed by atoms with Gasteiger partial charge < -0.3 is 0 Å². The van der Waals surface area contributed by atoms with E-state index in [1.807, 2.05) is 24.3 Å². The molecular formula is C12H7NOS. The molecule has 15 heavy (non-hydrogen) atoms. The minimum absolute atomic E-state index is 0.633. The molecule has 72 valence electrons. The summed E-state index contributed by atoms with van der Waals surface area (Å²) in [6.07, 6.45) is 0.828. The molecule has 2 aromatic rings. The van der Waals surface area contributed by atoms with E-state index in [1.165, 1.54) is 11.3 Å². The lowest BCUT2D eigenvalue weighted by Gasteiger charge is -1.96. The van der Waals surface area contributed by atoms with Crippen LogP contribution in [0.1, 0.15) is 15.9 Å². The third-order valence-electron chi connectivity index (χ3n) is 2.03. The maximum Gasteiger partial charge on any atom is 0.150 e. The Morgan fingerprint density at radius 1 is 1.33 bits per heavy atom. The van der Waals surface area contributed by atoms with Gasteiger partial charge in [0.05, 0.1) is 11.6 Å². The van der Waals surface area contributed by atoms with Gasteiger partial charge in [-0.2, -0.15) is 5.26 Å². The fraction of sp³-hybridized carbons (Fsp3) is 0. The molecule has 0 N–H and O–H groups in total. The molecular weight excluding hydrogens is 206 g/mol. The van der Waals surface area contributed by atoms with Crippen LogP contribution in [0.4, 0.5) is 0 Å². The quantitative estimate of drug-likeness (QED) is 0.719. The van der Waals surface area contributed by atoms with E-state index in [0.29, 0.717) is 11.1 Å². The zero-order valence-electron chi connectivity index (χ0n) is 7.81. The third kappa shape index (κ3) is 1.95. The highest BCUT2D eigenvalue weighted by atomic mass is 32.1. The molecule has 0 aliphatic heterocycles. The number of thiophene rings is 1. The Hall–Kier alpha value is -1.92. The topological polar surface area (TPSA) is 40.9 Å². The van der Waals surface area contributed by atoms with Gasteiger partial charge in [-0.05, 0) is 23.8 Å². The van der Waals surface area contributed by atoms with Gasteiger partial charge in [-0.15, -0.1) is 11.3 Å². The van der Waals surface area contributed by atoms with E-state index in [0.717, 1.165) is 16.7 Å². The van der Waals surface area contributed by atoms with Crippen LogP contribution in [0.5, 0.6) is 0 Å². The third-order valence-corrected chi connectivity index (χ3v) is 3.03. The lowest BCUT2D eigenvalue weighted by Crippen LogP contribution is -1.76. The average molecular weight is 213 g/mol. The summed E-state index contributed by atoms with van der Waals surface area (Å²) in [5.74, 6) is 0. The summed E-state index contributed by atoms with van der Waals surface area (Å²) in [6.45, 7) is 0. The Kier molecular flexibility index (Phi) is 2.61. The fourth-order valence-corrected chi connectivity index (χ4v) is 2.16. The van der Waals surface area contributed by atoms with Crippen molar-refractivity contribution in [3.63, 3.8) is 0 Å². The van der Waals surface area contributed by atoms with Crippen molar-refractivity contribution in [3.8, 4) is 16.5 Å². The summed E-state index contributed by atoms with van der Waals surface area (Å²) in [5.41, 5.74) is 2.29. The van der Waals surface area contributed by atoms with E-state index >= 15 is 0 Å². The Balaban J connectivity index is 2.45. The normalized spacial score (nSPS) is 9.53. The molecule has 1 aromatic carbocycles. The maximum atomic E-state index is 10.5. The number of carbonyl (C=O) groups excluding carboxylic acids is 1. The molecule has 0 radical (unpaired) electrons. The van der Waals surface area contributed by atoms with Crippen LogP contribution in [0.25, 0.3) is 10.4 Å². The zero-order chi connectivity index (χ0) is 10.7. The number of benzene rings is 1. The number of hydrogen-bond acceptors (Lipinski definition) is 3. The standard InChI is InChI=1S/C12H7NOS/c13-6-9-2-1-3-11(4-9)12-5-10(7-14)8-15-12/h1-5,7-8H. The smallest absolute Gasteiger partial charge is 0.150 e. The molecule has 0 amide bonds. The van der Waals surface area contributed by atoms with Crippen LogP contribution in [-0.4, -0.2) is 6.29 Å². The highest BCUT2D eigenvalue weighted by Gasteiger charge is 2.02. The van der Waals surface area contributed by atoms with Crippen LogP contribution < -0.4 is 0 Å². The Bertz CT molecular complexity index is 537. The lowest BCUT2D eigenvalue weighted by atomic mass is 10.1. The van der Waals surface area contributed by atoms with Gasteiger partial charge in [0.2, 0.25) is 0 Å². The molecule has 2 rings (SSSR count). The van der Waals surface area contributed by atoms with E-state index < -0.39 is 0 Å². The zero-order valence-corrected chi connectivity index (χ0v) is 8.62. The molecule has 1 heterocycles. The molecule has 0 spiro atoms. The number of aldehydes is 1. The van der Waals surface area contributed by atoms with Crippen molar-refractivity contribution in [1.29, 1.82) is 5.26 Å². The Labute approximate surface area is 91.4 Å². The summed E-state index contributed by atoms with van der Waals surface area (Å²) in [6, 6.07) is 11.3. The van der Waals surface area contributed by atoms with Crippen LogP contribution in [-0.2, 0) is 0 Å². The van der Waals surface area contributed by atoms with Crippen LogP contribution in [0.3, 0.4) is 0 Å². The van der Waals surface area contributed by atoms with E-state index in [9.17, 15) is 4.79 Å². The maximum absolute atomic E-state index is 10.5. The van der Waals surface area contributed by atoms with Crippen molar-refractivity contribution in [3.05, 3.63) is 46.8 Å². The molecule has 1 aromatic heterocycles. The molecule has 0 atom stereocenters. The Morgan fingerprint density at radius 2 is 2.20 bits per heavy atom. The van der Waals surface area contributed by atoms with Crippen LogP contribution >= 0.6 is 11.3 Å². The highest BCUT2D eigenvalue weighted by molar-refractivity contribution is 7.13. The number of nitrogens with zero attached hydrogens (tertiary/aromatic N) is 1. The van der Waals surface area contributed by atoms with Gasteiger partial charge in [0, 0.05) is 15.8 Å². The Morgan fingerprint density at radius 3 is 2.87 bits per heavy atom. The van der Waals surface area contributed by atoms with E-state index in [4.69, 9.17) is 5.26 Å². The summed E-state index contributed by atoms with van der Waals surface area (Å²) < 4.78 is 0. The van der Waals surface area contributed by atoms with Crippen molar-refractivity contribution >= 4 is 17.6 Å². The number of hydrogen-bond donors (Lipinski definition) is 0. The SMILES string of the molecule is N#Cc1cccc(-c2cc(C=O)cs2)c1. The van der Waals surface area contributed by atoms with Gasteiger partial charge in [-0.3, -0.25) is 4.79 Å². The van der Waals surface area contributed by atoms with Gasteiger partial charge in [0.1, 0.15) is 0 Å². The first-order chi connectivity index (χ1) is 7.33. The molecule has 0 saturated carbocycles. The minimum Gasteiger partial charge on any atom is -0.298 e. The summed E-state index contributed by atoms with van der Waals surface area (Å²) in [7, 11) is 0. The van der Waals surface area contributed by atoms with Gasteiger partial charge >= 0.3 is 0 Å². The second-order valence-corrected chi connectivity index (χ2v) is 3.97. The van der Waals surface area contributed by atoms with Crippen molar-refractivity contribution in [2.45, 2.75) is 0 Å². The first-order valence-electron chi connectivity index (χ1n) is 4.38. The molecule has 0 aliphatic carbocycles. The molecule has 0 saturated heterocycles. The molecule has 0 fully saturated rings. The van der Waals surface area contributed by atoms with Gasteiger partial charge in [0.25, 0.3) is 0 Å². The van der Waals surface area contributed by atoms with Gasteiger partial charge in [-0.25, -0.2) is 0 Å². The van der Waals surface area contributed by atoms with E-state index in [1.54, 1.807) is 11.4 Å². The highest BCUT2D eigenvalue weighted by Crippen LogP contribution is 2.26. The summed E-state index contributed by atoms with van der Waals surface area (Å²) >= 11 is 1.51. The van der Waals surface area contributed by atoms with Crippen molar-refractivity contribution in [1.82, 2.24) is 0 Å². The van der Waals surface area contributed by atoms with Crippen LogP contribution in [0, 0.1) is 11.3 Å². The number of carbonyl (C=O) groups is 1. The molecule has 2 nitrogen and oxygen atoms in total. The van der Waals surface area contributed by atoms with Crippen molar-refractivity contribution in [2.75, 3.05) is 0 Å². The first kappa shape index (κ1) is 9.63. The number of nitriles is 1. The molecule has 0 bridgehead atoms. The second-order valence-electron chi connectivity index (χ2n) is 3.05. The summed E-state index contributed by atoms with van der Waals surface area (Å²) in [5, 5.41) is 10.6. The number of rotatable bonds is 2. The lowest BCUT2D eigenvalue weighted by molar-refractivity contribution is 0.112.